The van der Waals surface area contributed by atoms with Crippen molar-refractivity contribution in [2.24, 2.45) is 0 Å². The lowest BCUT2D eigenvalue weighted by atomic mass is 10.1. The van der Waals surface area contributed by atoms with Crippen LogP contribution in [0, 0.1) is 21.7 Å². The molecule has 0 spiro atoms. The molecule has 5 nitrogen and oxygen atoms in total. The van der Waals surface area contributed by atoms with Crippen molar-refractivity contribution in [1.29, 1.82) is 0 Å². The van der Waals surface area contributed by atoms with Crippen molar-refractivity contribution in [3.05, 3.63) is 69.8 Å². The predicted octanol–water partition coefficient (Wildman–Crippen LogP) is 3.13. The third-order valence-corrected chi connectivity index (χ3v) is 2.52. The highest BCUT2D eigenvalue weighted by Gasteiger charge is 2.20. The number of hydrogen-bond donors (Lipinski definition) is 1. The van der Waals surface area contributed by atoms with Gasteiger partial charge >= 0.3 is 0 Å². The Balaban J connectivity index is 2.31. The molecule has 0 radical (unpaired) electrons. The minimum Gasteiger partial charge on any atom is -0.319 e. The molecule has 0 aliphatic heterocycles. The van der Waals surface area contributed by atoms with Crippen LogP contribution in [0.1, 0.15) is 10.4 Å². The molecule has 1 N–H and O–H groups in total. The Labute approximate surface area is 112 Å². The molecule has 7 heteroatoms. The lowest BCUT2D eigenvalue weighted by Crippen LogP contribution is -2.14. The fourth-order valence-corrected chi connectivity index (χ4v) is 1.61. The Kier molecular flexibility index (Phi) is 3.69. The number of carbonyl (C=O) groups excluding carboxylic acids is 1. The van der Waals surface area contributed by atoms with E-state index in [4.69, 9.17) is 0 Å². The molecule has 2 rings (SSSR count). The van der Waals surface area contributed by atoms with E-state index in [9.17, 15) is 23.7 Å². The quantitative estimate of drug-likeness (QED) is 0.692. The van der Waals surface area contributed by atoms with Crippen LogP contribution in [0.3, 0.4) is 0 Å². The number of hydrogen-bond acceptors (Lipinski definition) is 3. The van der Waals surface area contributed by atoms with E-state index in [1.54, 1.807) is 0 Å². The van der Waals surface area contributed by atoms with Gasteiger partial charge in [-0.2, -0.15) is 0 Å². The fraction of sp³-hybridized carbons (Fsp3) is 0. The smallest absolute Gasteiger partial charge is 0.282 e. The third kappa shape index (κ3) is 2.77. The second-order valence-corrected chi connectivity index (χ2v) is 3.85. The number of anilines is 1. The lowest BCUT2D eigenvalue weighted by Gasteiger charge is -2.06. The van der Waals surface area contributed by atoms with Gasteiger partial charge in [-0.05, 0) is 18.2 Å². The SMILES string of the molecule is O=C(Nc1ccc(F)cc1F)c1ccccc1[N+](=O)[O-]. The van der Waals surface area contributed by atoms with Crippen LogP contribution in [0.5, 0.6) is 0 Å². The molecule has 0 aliphatic rings. The first-order chi connectivity index (χ1) is 9.49. The average Bonchev–Trinajstić information content (AvgIpc) is 2.41. The summed E-state index contributed by atoms with van der Waals surface area (Å²) in [6.45, 7) is 0. The van der Waals surface area contributed by atoms with E-state index in [0.717, 1.165) is 18.2 Å². The summed E-state index contributed by atoms with van der Waals surface area (Å²) in [5.74, 6) is -2.59. The first-order valence-corrected chi connectivity index (χ1v) is 5.49. The van der Waals surface area contributed by atoms with Gasteiger partial charge in [0.05, 0.1) is 10.6 Å². The summed E-state index contributed by atoms with van der Waals surface area (Å²) in [5.41, 5.74) is -0.858. The molecule has 1 amide bonds. The van der Waals surface area contributed by atoms with Gasteiger partial charge in [0.1, 0.15) is 17.2 Å². The van der Waals surface area contributed by atoms with Crippen molar-refractivity contribution in [2.75, 3.05) is 5.32 Å². The number of rotatable bonds is 3. The number of nitrogens with one attached hydrogen (secondary N) is 1. The van der Waals surface area contributed by atoms with E-state index < -0.39 is 28.2 Å². The largest absolute Gasteiger partial charge is 0.319 e. The average molecular weight is 278 g/mol. The van der Waals surface area contributed by atoms with Crippen molar-refractivity contribution < 1.29 is 18.5 Å². The van der Waals surface area contributed by atoms with E-state index in [0.29, 0.717) is 6.07 Å². The van der Waals surface area contributed by atoms with E-state index >= 15 is 0 Å². The van der Waals surface area contributed by atoms with E-state index in [1.807, 2.05) is 0 Å². The summed E-state index contributed by atoms with van der Waals surface area (Å²) in [4.78, 5) is 22.0. The van der Waals surface area contributed by atoms with Gasteiger partial charge in [0, 0.05) is 12.1 Å². The first-order valence-electron chi connectivity index (χ1n) is 5.49. The Bertz CT molecular complexity index is 689. The molecule has 0 aromatic heterocycles. The number of benzene rings is 2. The van der Waals surface area contributed by atoms with Crippen LogP contribution in [-0.2, 0) is 0 Å². The van der Waals surface area contributed by atoms with Gasteiger partial charge in [0.2, 0.25) is 0 Å². The predicted molar refractivity (Wildman–Crippen MR) is 67.4 cm³/mol. The molecule has 102 valence electrons. The fourth-order valence-electron chi connectivity index (χ4n) is 1.61. The van der Waals surface area contributed by atoms with E-state index in [2.05, 4.69) is 5.32 Å². The topological polar surface area (TPSA) is 72.2 Å². The molecule has 0 heterocycles. The minimum absolute atomic E-state index is 0.207. The Morgan fingerprint density at radius 1 is 1.15 bits per heavy atom. The summed E-state index contributed by atoms with van der Waals surface area (Å²) in [5, 5.41) is 13.0. The van der Waals surface area contributed by atoms with Crippen LogP contribution in [0.4, 0.5) is 20.2 Å². The second-order valence-electron chi connectivity index (χ2n) is 3.85. The monoisotopic (exact) mass is 278 g/mol. The Morgan fingerprint density at radius 2 is 1.85 bits per heavy atom. The highest BCUT2D eigenvalue weighted by atomic mass is 19.1. The molecule has 0 saturated heterocycles. The van der Waals surface area contributed by atoms with Crippen molar-refractivity contribution in [3.63, 3.8) is 0 Å². The molecule has 20 heavy (non-hydrogen) atoms. The normalized spacial score (nSPS) is 10.1. The van der Waals surface area contributed by atoms with Crippen molar-refractivity contribution >= 4 is 17.3 Å². The van der Waals surface area contributed by atoms with Gasteiger partial charge in [-0.25, -0.2) is 8.78 Å². The Morgan fingerprint density at radius 3 is 2.50 bits per heavy atom. The lowest BCUT2D eigenvalue weighted by molar-refractivity contribution is -0.385. The molecule has 0 bridgehead atoms. The highest BCUT2D eigenvalue weighted by Crippen LogP contribution is 2.21. The van der Waals surface area contributed by atoms with Gasteiger partial charge in [-0.1, -0.05) is 12.1 Å². The number of para-hydroxylation sites is 1. The standard InChI is InChI=1S/C13H8F2N2O3/c14-8-5-6-11(10(15)7-8)16-13(18)9-3-1-2-4-12(9)17(19)20/h1-7H,(H,16,18). The number of carbonyl (C=O) groups is 1. The number of nitro benzene ring substituents is 1. The first kappa shape index (κ1) is 13.6. The zero-order chi connectivity index (χ0) is 14.7. The molecule has 2 aromatic rings. The minimum atomic E-state index is -0.961. The van der Waals surface area contributed by atoms with Crippen molar-refractivity contribution in [3.8, 4) is 0 Å². The summed E-state index contributed by atoms with van der Waals surface area (Å²) in [6, 6.07) is 7.88. The zero-order valence-electron chi connectivity index (χ0n) is 9.97. The summed E-state index contributed by atoms with van der Waals surface area (Å²) in [7, 11) is 0. The summed E-state index contributed by atoms with van der Waals surface area (Å²) >= 11 is 0. The van der Waals surface area contributed by atoms with Crippen LogP contribution in [-0.4, -0.2) is 10.8 Å². The number of amides is 1. The van der Waals surface area contributed by atoms with Gasteiger partial charge in [0.15, 0.2) is 0 Å². The van der Waals surface area contributed by atoms with Crippen molar-refractivity contribution in [1.82, 2.24) is 0 Å². The number of halogens is 2. The molecule has 0 unspecified atom stereocenters. The summed E-state index contributed by atoms with van der Waals surface area (Å²) < 4.78 is 26.1. The van der Waals surface area contributed by atoms with Gasteiger partial charge in [0.25, 0.3) is 11.6 Å². The number of nitrogens with zero attached hydrogens (tertiary/aromatic N) is 1. The van der Waals surface area contributed by atoms with Crippen LogP contribution >= 0.6 is 0 Å². The molecule has 0 saturated carbocycles. The third-order valence-electron chi connectivity index (χ3n) is 2.52. The van der Waals surface area contributed by atoms with Crippen LogP contribution < -0.4 is 5.32 Å². The molecular weight excluding hydrogens is 270 g/mol. The Hall–Kier alpha value is -2.83. The highest BCUT2D eigenvalue weighted by molar-refractivity contribution is 6.07. The maximum absolute atomic E-state index is 13.4. The van der Waals surface area contributed by atoms with Gasteiger partial charge in [-0.3, -0.25) is 14.9 Å². The summed E-state index contributed by atoms with van der Waals surface area (Å²) in [6.07, 6.45) is 0. The number of nitro groups is 1. The second kappa shape index (κ2) is 5.43. The van der Waals surface area contributed by atoms with Crippen LogP contribution in [0.15, 0.2) is 42.5 Å². The molecule has 2 aromatic carbocycles. The van der Waals surface area contributed by atoms with Gasteiger partial charge < -0.3 is 5.32 Å². The van der Waals surface area contributed by atoms with E-state index in [1.165, 1.54) is 18.2 Å². The molecule has 0 fully saturated rings. The maximum Gasteiger partial charge on any atom is 0.282 e. The molecule has 0 atom stereocenters. The van der Waals surface area contributed by atoms with Crippen LogP contribution in [0.2, 0.25) is 0 Å². The molecule has 0 aliphatic carbocycles. The molecular formula is C13H8F2N2O3. The van der Waals surface area contributed by atoms with Gasteiger partial charge in [-0.15, -0.1) is 0 Å². The van der Waals surface area contributed by atoms with E-state index in [-0.39, 0.29) is 11.3 Å². The van der Waals surface area contributed by atoms with Crippen molar-refractivity contribution in [2.45, 2.75) is 0 Å². The van der Waals surface area contributed by atoms with Crippen LogP contribution in [0.25, 0.3) is 0 Å². The zero-order valence-corrected chi connectivity index (χ0v) is 9.97. The maximum atomic E-state index is 13.4.